The SMILES string of the molecule is CC(=O)c1ccccc1.Cc1ccccc1.NCCc1ccc(C(=O)c2ccccc2)cc1.[CH2-]C.[CH2-]C.[CH2-]N([CH2-])CCc1ccc(C(=O)c2ccccc2)cc1.[CH2-]N([CH2-])CCc1ccc(C(C)=O)cc1.[CH2-]N([CH2-])CCc1ccc(C(C)=O)cc1.[CH2-]N([CH2-])CCc1ccc(C(O)c2ccccc2)cc1.[CH2-]N([CH2-])CCc1ccccc1.[W].[W].[W].[W].[W].[W].[W].[W].[W].[W].[W].[W].[W].[W].[W].[W].[W].[W].c1ccccc1. The summed E-state index contributed by atoms with van der Waals surface area (Å²) in [5.41, 5.74) is 21.1. The van der Waals surface area contributed by atoms with Crippen molar-refractivity contribution in [3.05, 3.63) is 513 Å². The third-order valence-electron chi connectivity index (χ3n) is 17.3. The van der Waals surface area contributed by atoms with Crippen LogP contribution >= 0.6 is 0 Å². The average Bonchev–Trinajstić information content (AvgIpc) is 0.855. The molecule has 12 rings (SSSR count). The van der Waals surface area contributed by atoms with Crippen LogP contribution in [0.3, 0.4) is 0 Å². The summed E-state index contributed by atoms with van der Waals surface area (Å²) in [6.45, 7) is 21.6. The van der Waals surface area contributed by atoms with Crippen molar-refractivity contribution in [2.75, 3.05) is 39.3 Å². The summed E-state index contributed by atoms with van der Waals surface area (Å²) >= 11 is 0. The van der Waals surface area contributed by atoms with Gasteiger partial charge in [-0.3, -0.25) is 24.0 Å². The smallest absolute Gasteiger partial charge is 0.193 e. The third-order valence-corrected chi connectivity index (χ3v) is 17.3. The quantitative estimate of drug-likeness (QED) is 0.0393. The largest absolute Gasteiger partial charge is 0.610 e. The Morgan fingerprint density at radius 1 is 0.232 bits per heavy atom. The summed E-state index contributed by atoms with van der Waals surface area (Å²) in [6, 6.07) is 109. The van der Waals surface area contributed by atoms with Crippen LogP contribution in [0.1, 0.15) is 154 Å². The fourth-order valence-electron chi connectivity index (χ4n) is 10.5. The number of carbonyl (C=O) groups is 5. The number of Topliss-reactive ketones (excluding diaryl/α,β-unsaturated/α-hetero) is 3. The molecule has 12 aromatic carbocycles. The number of rotatable bonds is 26. The fraction of sp³-hybridized carbons (Fsp3) is 0.176. The predicted molar refractivity (Wildman–Crippen MR) is 503 cm³/mol. The number of carbonyl (C=O) groups excluding carboxylic acids is 5. The Bertz CT molecular complexity index is 4540. The first-order chi connectivity index (χ1) is 57.8. The molecule has 0 spiro atoms. The maximum absolute atomic E-state index is 12.2. The standard InChI is InChI=1S/C17H19NO.C17H17NO.C15H15NO.2C12H15NO.C10H13N.C8H8O.C7H8.C6H6.2C2H5.18W/c2*1-18(2)13-12-14-8-10-16(11-9-14)17(19)15-6-4-3-5-7-15;16-11-10-12-6-8-14(9-7-12)15(17)13-4-2-1-3-5-13;2*1-10(14)12-6-4-11(5-7-12)8-9-13(2)3;1-11(2)9-8-10-6-4-3-5-7-10;1-7(9)8-5-3-2-4-6-8;1-7-5-3-2-4-6-7;1-2-4-6-5-3-1;2*1-2;;;;;;;;;;;;;;;;;;/h3-11,17,19H,1-2,12-13H2;3-11H,1-2,12-13H2;1-9H,10-11,16H2;2*4-7H,2-3,8-9H2,1H3;3-7H,1-2,8-9H2;2-6H,1H3;2-6H,1H3;1-6H;2*1H2,2H3;;;;;;;;;;;;;;;;;;/q2*-2;;3*-2;;;;2*-1;;;;;;;;;;;;;;;;;;. The molecule has 0 saturated heterocycles. The number of aliphatic hydroxyl groups is 1. The number of hydrogen-bond donors (Lipinski definition) is 2. The van der Waals surface area contributed by atoms with Crippen LogP contribution in [0.25, 0.3) is 0 Å². The van der Waals surface area contributed by atoms with Gasteiger partial charge in [0.1, 0.15) is 6.10 Å². The number of nitrogens with zero attached hydrogens (tertiary/aromatic N) is 5. The Morgan fingerprint density at radius 2 is 0.391 bits per heavy atom. The van der Waals surface area contributed by atoms with Gasteiger partial charge in [0, 0.05) is 418 Å². The van der Waals surface area contributed by atoms with Gasteiger partial charge in [-0.1, -0.05) is 378 Å². The Balaban J connectivity index is -0.0000000791. The summed E-state index contributed by atoms with van der Waals surface area (Å²) in [5, 5.41) is 10.3. The maximum Gasteiger partial charge on any atom is 0.193 e. The van der Waals surface area contributed by atoms with Crippen molar-refractivity contribution >= 4 is 28.9 Å². The number of ketones is 5. The van der Waals surface area contributed by atoms with Crippen LogP contribution in [0, 0.1) is 91.2 Å². The van der Waals surface area contributed by atoms with E-state index in [-0.39, 0.29) is 408 Å². The van der Waals surface area contributed by atoms with Crippen molar-refractivity contribution in [1.29, 1.82) is 0 Å². The van der Waals surface area contributed by atoms with Gasteiger partial charge >= 0.3 is 0 Å². The van der Waals surface area contributed by atoms with Crippen molar-refractivity contribution in [3.63, 3.8) is 0 Å². The van der Waals surface area contributed by atoms with E-state index >= 15 is 0 Å². The molecule has 1 unspecified atom stereocenters. The van der Waals surface area contributed by atoms with Crippen LogP contribution < -0.4 is 5.73 Å². The summed E-state index contributed by atoms with van der Waals surface area (Å²) in [5.74, 6) is 0.448. The molecule has 0 radical (unpaired) electrons. The summed E-state index contributed by atoms with van der Waals surface area (Å²) in [4.78, 5) is 65.3. The van der Waals surface area contributed by atoms with E-state index < -0.39 is 6.10 Å². The van der Waals surface area contributed by atoms with Gasteiger partial charge in [0.05, 0.1) is 0 Å². The van der Waals surface area contributed by atoms with E-state index in [1.807, 2.05) is 315 Å². The van der Waals surface area contributed by atoms with Gasteiger partial charge in [-0.05, 0) is 117 Å². The molecular weight excluding hydrogens is 4790 g/mol. The average molecular weight is 4910 g/mol. The van der Waals surface area contributed by atoms with Gasteiger partial charge in [0.2, 0.25) is 0 Å². The molecule has 0 aliphatic rings. The molecule has 0 saturated carbocycles. The minimum atomic E-state index is -0.563. The van der Waals surface area contributed by atoms with Crippen molar-refractivity contribution in [1.82, 2.24) is 24.5 Å². The Labute approximate surface area is 1090 Å². The van der Waals surface area contributed by atoms with E-state index in [1.165, 1.54) is 33.4 Å². The van der Waals surface area contributed by atoms with E-state index in [2.05, 4.69) is 116 Å². The minimum absolute atomic E-state index is 0. The second-order valence-electron chi connectivity index (χ2n) is 27.3. The Kier molecular flexibility index (Phi) is 149. The summed E-state index contributed by atoms with van der Waals surface area (Å²) in [6.07, 6.45) is 4.92. The molecule has 1 atom stereocenters. The van der Waals surface area contributed by atoms with Crippen molar-refractivity contribution in [2.45, 2.75) is 86.2 Å². The van der Waals surface area contributed by atoms with Gasteiger partial charge in [-0.15, -0.1) is 0 Å². The first kappa shape index (κ1) is 178. The minimum Gasteiger partial charge on any atom is -0.610 e. The number of aliphatic hydroxyl groups excluding tert-OH is 1. The Morgan fingerprint density at radius 3 is 0.594 bits per heavy atom. The second-order valence-corrected chi connectivity index (χ2v) is 27.3. The maximum atomic E-state index is 12.2. The molecular formula is C108H126N6O6W18-12. The molecule has 3 N–H and O–H groups in total. The predicted octanol–water partition coefficient (Wildman–Crippen LogP) is 22.9. The fourth-order valence-corrected chi connectivity index (χ4v) is 10.5. The third kappa shape index (κ3) is 88.8. The monoisotopic (exact) mass is 4910 g/mol. The Hall–Kier alpha value is 1.10. The van der Waals surface area contributed by atoms with Crippen LogP contribution in [-0.2, 0) is 418 Å². The van der Waals surface area contributed by atoms with Crippen LogP contribution in [0.4, 0.5) is 0 Å². The molecule has 12 nitrogen and oxygen atoms in total. The first-order valence-corrected chi connectivity index (χ1v) is 39.9. The molecule has 30 heteroatoms. The molecule has 12 aromatic rings. The summed E-state index contributed by atoms with van der Waals surface area (Å²) < 4.78 is 0. The van der Waals surface area contributed by atoms with Gasteiger partial charge in [-0.2, -0.15) is 13.8 Å². The molecule has 0 fully saturated rings. The van der Waals surface area contributed by atoms with Crippen LogP contribution in [0.2, 0.25) is 0 Å². The van der Waals surface area contributed by atoms with Gasteiger partial charge in [-0.25, -0.2) is 0 Å². The van der Waals surface area contributed by atoms with Gasteiger partial charge in [0.25, 0.3) is 0 Å². The van der Waals surface area contributed by atoms with Crippen molar-refractivity contribution in [2.24, 2.45) is 5.73 Å². The molecule has 0 amide bonds. The van der Waals surface area contributed by atoms with E-state index in [9.17, 15) is 29.1 Å². The van der Waals surface area contributed by atoms with Gasteiger partial charge in [0.15, 0.2) is 28.9 Å². The van der Waals surface area contributed by atoms with E-state index in [0.717, 1.165) is 127 Å². The molecule has 0 aliphatic carbocycles. The number of aryl methyl sites for hydroxylation is 1. The van der Waals surface area contributed by atoms with Crippen molar-refractivity contribution in [3.8, 4) is 0 Å². The molecule has 0 aliphatic heterocycles. The number of hydrogen-bond acceptors (Lipinski definition) is 12. The topological polar surface area (TPSA) is 148 Å². The summed E-state index contributed by atoms with van der Waals surface area (Å²) in [7, 11) is 36.9. The molecule has 0 aromatic heterocycles. The van der Waals surface area contributed by atoms with Crippen LogP contribution in [-0.4, -0.2) is 97.8 Å². The van der Waals surface area contributed by atoms with Crippen LogP contribution in [0.5, 0.6) is 0 Å². The number of benzene rings is 12. The zero-order valence-electron chi connectivity index (χ0n) is 79.0. The normalized spacial score (nSPS) is 8.91. The second kappa shape index (κ2) is 115. The van der Waals surface area contributed by atoms with Crippen LogP contribution in [0.15, 0.2) is 340 Å². The zero-order chi connectivity index (χ0) is 88.7. The molecule has 744 valence electrons. The zero-order valence-corrected chi connectivity index (χ0v) is 132. The molecule has 0 bridgehead atoms. The van der Waals surface area contributed by atoms with E-state index in [0.29, 0.717) is 6.54 Å². The van der Waals surface area contributed by atoms with Crippen molar-refractivity contribution < 1.29 is 408 Å². The van der Waals surface area contributed by atoms with E-state index in [1.54, 1.807) is 59.1 Å². The van der Waals surface area contributed by atoms with E-state index in [4.69, 9.17) is 5.73 Å². The molecule has 138 heavy (non-hydrogen) atoms. The first-order valence-electron chi connectivity index (χ1n) is 39.9. The molecule has 0 heterocycles. The van der Waals surface area contributed by atoms with Gasteiger partial charge < -0.3 is 120 Å². The number of nitrogens with two attached hydrogens (primary N) is 1.